The maximum Gasteiger partial charge on any atom is 0.226 e. The third-order valence-electron chi connectivity index (χ3n) is 2.69. The molecule has 0 fully saturated rings. The summed E-state index contributed by atoms with van der Waals surface area (Å²) in [5.41, 5.74) is 1.99. The highest BCUT2D eigenvalue weighted by molar-refractivity contribution is 7.98. The number of carbonyl (C=O) groups excluding carboxylic acids is 1. The van der Waals surface area contributed by atoms with Crippen LogP contribution in [0.5, 0.6) is 0 Å². The number of hydrogen-bond acceptors (Lipinski definition) is 4. The van der Waals surface area contributed by atoms with Crippen LogP contribution in [0.4, 0.5) is 5.69 Å². The van der Waals surface area contributed by atoms with E-state index in [0.717, 1.165) is 22.4 Å². The monoisotopic (exact) mass is 290 g/mol. The summed E-state index contributed by atoms with van der Waals surface area (Å²) in [4.78, 5) is 15.8. The Morgan fingerprint density at radius 1 is 1.35 bits per heavy atom. The number of nitrogens with one attached hydrogen (secondary N) is 2. The molecule has 6 heteroatoms. The van der Waals surface area contributed by atoms with Crippen molar-refractivity contribution in [1.29, 1.82) is 0 Å². The second kappa shape index (κ2) is 6.56. The van der Waals surface area contributed by atoms with E-state index >= 15 is 0 Å². The molecule has 2 N–H and O–H groups in total. The van der Waals surface area contributed by atoms with Gasteiger partial charge in [-0.15, -0.1) is 5.10 Å². The molecule has 1 amide bonds. The summed E-state index contributed by atoms with van der Waals surface area (Å²) in [7, 11) is 0. The average molecular weight is 290 g/mol. The van der Waals surface area contributed by atoms with Gasteiger partial charge in [-0.25, -0.2) is 4.98 Å². The molecule has 20 heavy (non-hydrogen) atoms. The van der Waals surface area contributed by atoms with Crippen LogP contribution in [0.15, 0.2) is 29.4 Å². The summed E-state index contributed by atoms with van der Waals surface area (Å²) >= 11 is 1.58. The quantitative estimate of drug-likeness (QED) is 0.830. The topological polar surface area (TPSA) is 70.7 Å². The lowest BCUT2D eigenvalue weighted by atomic mass is 10.2. The summed E-state index contributed by atoms with van der Waals surface area (Å²) in [5, 5.41) is 10.5. The summed E-state index contributed by atoms with van der Waals surface area (Å²) in [6, 6.07) is 7.84. The maximum atomic E-state index is 11.6. The second-order valence-corrected chi connectivity index (χ2v) is 5.78. The lowest BCUT2D eigenvalue weighted by Crippen LogP contribution is -2.17. The molecule has 0 aliphatic rings. The van der Waals surface area contributed by atoms with Crippen LogP contribution in [0.3, 0.4) is 0 Å². The molecular weight excluding hydrogens is 272 g/mol. The molecule has 106 valence electrons. The molecule has 0 bridgehead atoms. The van der Waals surface area contributed by atoms with Gasteiger partial charge in [0.15, 0.2) is 0 Å². The molecule has 1 aromatic carbocycles. The predicted molar refractivity (Wildman–Crippen MR) is 80.6 cm³/mol. The highest BCUT2D eigenvalue weighted by atomic mass is 32.2. The van der Waals surface area contributed by atoms with Gasteiger partial charge in [0, 0.05) is 17.4 Å². The minimum absolute atomic E-state index is 0.0146. The molecule has 0 unspecified atom stereocenters. The summed E-state index contributed by atoms with van der Waals surface area (Å²) < 4.78 is 0. The lowest BCUT2D eigenvalue weighted by Gasteiger charge is -2.08. The van der Waals surface area contributed by atoms with Gasteiger partial charge in [-0.2, -0.15) is 0 Å². The van der Waals surface area contributed by atoms with Crippen LogP contribution in [0.25, 0.3) is 0 Å². The molecule has 0 saturated heterocycles. The molecule has 0 spiro atoms. The smallest absolute Gasteiger partial charge is 0.226 e. The number of aromatic nitrogens is 3. The van der Waals surface area contributed by atoms with Crippen LogP contribution in [0.2, 0.25) is 0 Å². The van der Waals surface area contributed by atoms with Crippen LogP contribution < -0.4 is 5.32 Å². The molecule has 2 rings (SSSR count). The maximum absolute atomic E-state index is 11.6. The largest absolute Gasteiger partial charge is 0.326 e. The summed E-state index contributed by atoms with van der Waals surface area (Å²) in [5.74, 6) is 1.64. The summed E-state index contributed by atoms with van der Waals surface area (Å²) in [6.45, 7) is 5.63. The van der Waals surface area contributed by atoms with E-state index in [2.05, 4.69) is 20.5 Å². The van der Waals surface area contributed by atoms with Gasteiger partial charge in [-0.1, -0.05) is 37.7 Å². The van der Waals surface area contributed by atoms with Gasteiger partial charge in [-0.05, 0) is 24.6 Å². The van der Waals surface area contributed by atoms with Gasteiger partial charge in [-0.3, -0.25) is 9.89 Å². The molecule has 0 aliphatic carbocycles. The second-order valence-electron chi connectivity index (χ2n) is 4.83. The van der Waals surface area contributed by atoms with Gasteiger partial charge in [0.1, 0.15) is 5.82 Å². The van der Waals surface area contributed by atoms with E-state index in [1.165, 1.54) is 5.56 Å². The third-order valence-corrected chi connectivity index (χ3v) is 3.61. The van der Waals surface area contributed by atoms with Crippen molar-refractivity contribution in [3.8, 4) is 0 Å². The van der Waals surface area contributed by atoms with E-state index in [-0.39, 0.29) is 11.8 Å². The number of aromatic amines is 1. The highest BCUT2D eigenvalue weighted by Gasteiger charge is 2.07. The molecule has 0 aliphatic heterocycles. The zero-order valence-corrected chi connectivity index (χ0v) is 12.6. The Bertz CT molecular complexity index is 577. The SMILES string of the molecule is Cc1nc(SCc2ccc(NC(=O)C(C)C)cc2)n[nH]1. The van der Waals surface area contributed by atoms with E-state index in [1.54, 1.807) is 11.8 Å². The zero-order valence-electron chi connectivity index (χ0n) is 11.8. The van der Waals surface area contributed by atoms with E-state index in [9.17, 15) is 4.79 Å². The Kier molecular flexibility index (Phi) is 4.79. The standard InChI is InChI=1S/C14H18N4OS/c1-9(2)13(19)16-12-6-4-11(5-7-12)8-20-14-15-10(3)17-18-14/h4-7,9H,8H2,1-3H3,(H,16,19)(H,15,17,18). The molecule has 5 nitrogen and oxygen atoms in total. The normalized spacial score (nSPS) is 10.8. The molecule has 1 aromatic heterocycles. The number of thioether (sulfide) groups is 1. The van der Waals surface area contributed by atoms with Gasteiger partial charge < -0.3 is 5.32 Å². The van der Waals surface area contributed by atoms with Crippen molar-refractivity contribution >= 4 is 23.4 Å². The first-order valence-electron chi connectivity index (χ1n) is 6.46. The Labute approximate surface area is 122 Å². The number of H-pyrrole nitrogens is 1. The Morgan fingerprint density at radius 3 is 2.60 bits per heavy atom. The number of rotatable bonds is 5. The third kappa shape index (κ3) is 4.09. The number of carbonyl (C=O) groups is 1. The molecule has 0 saturated carbocycles. The van der Waals surface area contributed by atoms with E-state index in [4.69, 9.17) is 0 Å². The highest BCUT2D eigenvalue weighted by Crippen LogP contribution is 2.20. The van der Waals surface area contributed by atoms with Crippen LogP contribution >= 0.6 is 11.8 Å². The molecule has 1 heterocycles. The number of nitrogens with zero attached hydrogens (tertiary/aromatic N) is 2. The first kappa shape index (κ1) is 14.6. The molecule has 2 aromatic rings. The first-order valence-corrected chi connectivity index (χ1v) is 7.45. The minimum atomic E-state index is -0.0146. The van der Waals surface area contributed by atoms with Crippen molar-refractivity contribution in [2.24, 2.45) is 5.92 Å². The van der Waals surface area contributed by atoms with Crippen molar-refractivity contribution in [2.75, 3.05) is 5.32 Å². The predicted octanol–water partition coefficient (Wildman–Crippen LogP) is 3.00. The summed E-state index contributed by atoms with van der Waals surface area (Å²) in [6.07, 6.45) is 0. The molecular formula is C14H18N4OS. The van der Waals surface area contributed by atoms with Crippen molar-refractivity contribution in [3.63, 3.8) is 0 Å². The number of hydrogen-bond donors (Lipinski definition) is 2. The van der Waals surface area contributed by atoms with Crippen LogP contribution in [0.1, 0.15) is 25.2 Å². The van der Waals surface area contributed by atoms with Crippen molar-refractivity contribution in [3.05, 3.63) is 35.7 Å². The fraction of sp³-hybridized carbons (Fsp3) is 0.357. The van der Waals surface area contributed by atoms with Crippen molar-refractivity contribution in [1.82, 2.24) is 15.2 Å². The van der Waals surface area contributed by atoms with Crippen LogP contribution in [0, 0.1) is 12.8 Å². The number of amides is 1. The fourth-order valence-corrected chi connectivity index (χ4v) is 2.31. The van der Waals surface area contributed by atoms with Crippen molar-refractivity contribution in [2.45, 2.75) is 31.7 Å². The van der Waals surface area contributed by atoms with Crippen LogP contribution in [-0.4, -0.2) is 21.1 Å². The number of benzene rings is 1. The molecule has 0 radical (unpaired) electrons. The average Bonchev–Trinajstić information content (AvgIpc) is 2.83. The van der Waals surface area contributed by atoms with Crippen molar-refractivity contribution < 1.29 is 4.79 Å². The zero-order chi connectivity index (χ0) is 14.5. The minimum Gasteiger partial charge on any atom is -0.326 e. The Hall–Kier alpha value is -1.82. The lowest BCUT2D eigenvalue weighted by molar-refractivity contribution is -0.118. The van der Waals surface area contributed by atoms with Crippen LogP contribution in [-0.2, 0) is 10.5 Å². The first-order chi connectivity index (χ1) is 9.54. The van der Waals surface area contributed by atoms with Gasteiger partial charge >= 0.3 is 0 Å². The van der Waals surface area contributed by atoms with E-state index < -0.39 is 0 Å². The number of aryl methyl sites for hydroxylation is 1. The Balaban J connectivity index is 1.89. The molecule has 0 atom stereocenters. The number of anilines is 1. The fourth-order valence-electron chi connectivity index (χ4n) is 1.51. The van der Waals surface area contributed by atoms with E-state index in [0.29, 0.717) is 0 Å². The Morgan fingerprint density at radius 2 is 2.05 bits per heavy atom. The van der Waals surface area contributed by atoms with Gasteiger partial charge in [0.25, 0.3) is 0 Å². The van der Waals surface area contributed by atoms with Gasteiger partial charge in [0.05, 0.1) is 0 Å². The van der Waals surface area contributed by atoms with E-state index in [1.807, 2.05) is 45.0 Å². The van der Waals surface area contributed by atoms with Gasteiger partial charge in [0.2, 0.25) is 11.1 Å².